The van der Waals surface area contributed by atoms with E-state index in [9.17, 15) is 26.4 Å². The molecule has 0 spiro atoms. The number of hydrogen-bond acceptors (Lipinski definition) is 3. The Morgan fingerprint density at radius 3 is 2.11 bits per heavy atom. The second-order valence-electron chi connectivity index (χ2n) is 8.31. The highest BCUT2D eigenvalue weighted by molar-refractivity contribution is 7.92. The number of sulfonamides is 1. The van der Waals surface area contributed by atoms with Crippen molar-refractivity contribution in [3.63, 3.8) is 0 Å². The van der Waals surface area contributed by atoms with Crippen LogP contribution in [0.1, 0.15) is 28.7 Å². The first-order valence-electron chi connectivity index (χ1n) is 11.1. The molecule has 0 bridgehead atoms. The van der Waals surface area contributed by atoms with E-state index in [1.165, 1.54) is 18.2 Å². The highest BCUT2D eigenvalue weighted by Gasteiger charge is 2.33. The minimum atomic E-state index is -4.66. The molecule has 3 aromatic rings. The molecule has 0 saturated carbocycles. The number of halogens is 3. The molecular weight excluding hydrogens is 477 g/mol. The van der Waals surface area contributed by atoms with Crippen LogP contribution < -0.4 is 9.62 Å². The quantitative estimate of drug-likeness (QED) is 0.404. The van der Waals surface area contributed by atoms with E-state index in [0.717, 1.165) is 41.3 Å². The zero-order valence-corrected chi connectivity index (χ0v) is 20.3. The van der Waals surface area contributed by atoms with Crippen molar-refractivity contribution in [3.05, 3.63) is 95.1 Å². The predicted octanol–water partition coefficient (Wildman–Crippen LogP) is 5.27. The molecule has 9 heteroatoms. The fourth-order valence-electron chi connectivity index (χ4n) is 3.45. The van der Waals surface area contributed by atoms with Gasteiger partial charge in [0, 0.05) is 6.54 Å². The van der Waals surface area contributed by atoms with Crippen LogP contribution in [0.5, 0.6) is 0 Å². The Morgan fingerprint density at radius 2 is 1.51 bits per heavy atom. The molecule has 0 fully saturated rings. The summed E-state index contributed by atoms with van der Waals surface area (Å²) in [4.78, 5) is 12.5. The Balaban J connectivity index is 1.78. The van der Waals surface area contributed by atoms with E-state index >= 15 is 0 Å². The first kappa shape index (κ1) is 26.3. The summed E-state index contributed by atoms with van der Waals surface area (Å²) in [5.74, 6) is -0.609. The molecule has 0 saturated heterocycles. The van der Waals surface area contributed by atoms with Crippen LogP contribution in [0.15, 0.2) is 77.7 Å². The number of aryl methyl sites for hydroxylation is 3. The Morgan fingerprint density at radius 1 is 0.914 bits per heavy atom. The van der Waals surface area contributed by atoms with Gasteiger partial charge in [0.1, 0.15) is 6.54 Å². The smallest absolute Gasteiger partial charge is 0.355 e. The van der Waals surface area contributed by atoms with Gasteiger partial charge in [-0.3, -0.25) is 9.10 Å². The lowest BCUT2D eigenvalue weighted by molar-refractivity contribution is -0.137. The standard InChI is InChI=1S/C26H27F3N2O3S/c1-19-8-12-21(13-9-19)5-4-16-30-25(32)18-31(23-7-3-6-22(17-23)26(27,28)29)35(33,34)24-14-10-20(2)11-15-24/h3,6-15,17H,4-5,16,18H2,1-2H3,(H,30,32). The third-order valence-corrected chi connectivity index (χ3v) is 7.23. The number of nitrogens with zero attached hydrogens (tertiary/aromatic N) is 1. The molecule has 35 heavy (non-hydrogen) atoms. The molecule has 3 aromatic carbocycles. The summed E-state index contributed by atoms with van der Waals surface area (Å²) >= 11 is 0. The van der Waals surface area contributed by atoms with Gasteiger partial charge in [-0.15, -0.1) is 0 Å². The summed E-state index contributed by atoms with van der Waals surface area (Å²) < 4.78 is 67.2. The van der Waals surface area contributed by atoms with Gasteiger partial charge in [-0.1, -0.05) is 53.6 Å². The molecular formula is C26H27F3N2O3S. The van der Waals surface area contributed by atoms with Crippen molar-refractivity contribution in [2.75, 3.05) is 17.4 Å². The number of alkyl halides is 3. The topological polar surface area (TPSA) is 66.5 Å². The summed E-state index contributed by atoms with van der Waals surface area (Å²) in [6.45, 7) is 3.42. The fourth-order valence-corrected chi connectivity index (χ4v) is 4.86. The van der Waals surface area contributed by atoms with E-state index in [2.05, 4.69) is 5.32 Å². The van der Waals surface area contributed by atoms with Crippen LogP contribution in [-0.4, -0.2) is 27.4 Å². The van der Waals surface area contributed by atoms with Gasteiger partial charge >= 0.3 is 6.18 Å². The third-order valence-electron chi connectivity index (χ3n) is 5.44. The number of nitrogens with one attached hydrogen (secondary N) is 1. The van der Waals surface area contributed by atoms with Crippen molar-refractivity contribution in [2.24, 2.45) is 0 Å². The predicted molar refractivity (Wildman–Crippen MR) is 130 cm³/mol. The number of carbonyl (C=O) groups is 1. The van der Waals surface area contributed by atoms with E-state index < -0.39 is 34.2 Å². The van der Waals surface area contributed by atoms with Gasteiger partial charge in [0.15, 0.2) is 0 Å². The molecule has 0 heterocycles. The number of benzene rings is 3. The summed E-state index contributed by atoms with van der Waals surface area (Å²) in [5.41, 5.74) is 1.83. The Bertz CT molecular complexity index is 1260. The monoisotopic (exact) mass is 504 g/mol. The van der Waals surface area contributed by atoms with Crippen LogP contribution >= 0.6 is 0 Å². The average molecular weight is 505 g/mol. The second kappa shape index (κ2) is 10.9. The van der Waals surface area contributed by atoms with E-state index in [-0.39, 0.29) is 10.6 Å². The molecule has 186 valence electrons. The summed E-state index contributed by atoms with van der Waals surface area (Å²) in [7, 11) is -4.30. The summed E-state index contributed by atoms with van der Waals surface area (Å²) in [6, 6.07) is 17.8. The van der Waals surface area contributed by atoms with Crippen molar-refractivity contribution in [3.8, 4) is 0 Å². The molecule has 0 atom stereocenters. The minimum Gasteiger partial charge on any atom is -0.355 e. The van der Waals surface area contributed by atoms with Crippen molar-refractivity contribution in [1.82, 2.24) is 5.32 Å². The lowest BCUT2D eigenvalue weighted by Crippen LogP contribution is -2.41. The summed E-state index contributed by atoms with van der Waals surface area (Å²) in [6.07, 6.45) is -3.31. The maximum Gasteiger partial charge on any atom is 0.416 e. The fraction of sp³-hybridized carbons (Fsp3) is 0.269. The first-order chi connectivity index (χ1) is 16.5. The zero-order valence-electron chi connectivity index (χ0n) is 19.5. The zero-order chi connectivity index (χ0) is 25.6. The van der Waals surface area contributed by atoms with Gasteiger partial charge in [-0.2, -0.15) is 13.2 Å². The minimum absolute atomic E-state index is 0.118. The molecule has 0 aliphatic rings. The third kappa shape index (κ3) is 7.08. The molecule has 0 unspecified atom stereocenters. The van der Waals surface area contributed by atoms with Gasteiger partial charge in [0.05, 0.1) is 16.1 Å². The van der Waals surface area contributed by atoms with Crippen molar-refractivity contribution >= 4 is 21.6 Å². The van der Waals surface area contributed by atoms with Crippen LogP contribution in [0.2, 0.25) is 0 Å². The molecule has 5 nitrogen and oxygen atoms in total. The number of rotatable bonds is 9. The van der Waals surface area contributed by atoms with E-state index in [1.54, 1.807) is 19.1 Å². The molecule has 0 radical (unpaired) electrons. The van der Waals surface area contributed by atoms with Crippen LogP contribution in [0.3, 0.4) is 0 Å². The van der Waals surface area contributed by atoms with E-state index in [1.807, 2.05) is 31.2 Å². The molecule has 1 amide bonds. The van der Waals surface area contributed by atoms with Crippen molar-refractivity contribution in [2.45, 2.75) is 37.8 Å². The maximum absolute atomic E-state index is 13.3. The van der Waals surface area contributed by atoms with Gasteiger partial charge < -0.3 is 5.32 Å². The average Bonchev–Trinajstić information content (AvgIpc) is 2.81. The van der Waals surface area contributed by atoms with Gasteiger partial charge in [-0.05, 0) is 62.6 Å². The Kier molecular flexibility index (Phi) is 8.22. The van der Waals surface area contributed by atoms with Crippen LogP contribution in [0.4, 0.5) is 18.9 Å². The SMILES string of the molecule is Cc1ccc(CCCNC(=O)CN(c2cccc(C(F)(F)F)c2)S(=O)(=O)c2ccc(C)cc2)cc1. The van der Waals surface area contributed by atoms with Gasteiger partial charge in [-0.25, -0.2) is 8.42 Å². The van der Waals surface area contributed by atoms with E-state index in [4.69, 9.17) is 0 Å². The largest absolute Gasteiger partial charge is 0.416 e. The number of hydrogen-bond donors (Lipinski definition) is 1. The Hall–Kier alpha value is -3.33. The van der Waals surface area contributed by atoms with Gasteiger partial charge in [0.2, 0.25) is 5.91 Å². The highest BCUT2D eigenvalue weighted by atomic mass is 32.2. The van der Waals surface area contributed by atoms with Crippen LogP contribution in [0.25, 0.3) is 0 Å². The van der Waals surface area contributed by atoms with Crippen LogP contribution in [0, 0.1) is 13.8 Å². The van der Waals surface area contributed by atoms with Crippen LogP contribution in [-0.2, 0) is 27.4 Å². The van der Waals surface area contributed by atoms with Crippen molar-refractivity contribution < 1.29 is 26.4 Å². The number of anilines is 1. The molecule has 1 N–H and O–H groups in total. The second-order valence-corrected chi connectivity index (χ2v) is 10.2. The van der Waals surface area contributed by atoms with Gasteiger partial charge in [0.25, 0.3) is 10.0 Å². The number of carbonyl (C=O) groups excluding carboxylic acids is 1. The van der Waals surface area contributed by atoms with E-state index in [0.29, 0.717) is 17.3 Å². The highest BCUT2D eigenvalue weighted by Crippen LogP contribution is 2.33. The lowest BCUT2D eigenvalue weighted by atomic mass is 10.1. The lowest BCUT2D eigenvalue weighted by Gasteiger charge is -2.25. The normalized spacial score (nSPS) is 11.8. The maximum atomic E-state index is 13.3. The Labute approximate surface area is 203 Å². The number of amides is 1. The summed E-state index contributed by atoms with van der Waals surface area (Å²) in [5, 5.41) is 2.67. The first-order valence-corrected chi connectivity index (χ1v) is 12.5. The molecule has 0 aliphatic carbocycles. The molecule has 0 aliphatic heterocycles. The molecule has 3 rings (SSSR count). The molecule has 0 aromatic heterocycles. The van der Waals surface area contributed by atoms with Crippen molar-refractivity contribution in [1.29, 1.82) is 0 Å².